The number of cyclic esters (lactones) is 1. The second-order valence-corrected chi connectivity index (χ2v) is 19.6. The van der Waals surface area contributed by atoms with E-state index < -0.39 is 77.8 Å². The van der Waals surface area contributed by atoms with Gasteiger partial charge in [0.05, 0.1) is 37.6 Å². The van der Waals surface area contributed by atoms with Crippen molar-refractivity contribution in [2.75, 3.05) is 41.1 Å². The monoisotopic (exact) mass is 944 g/mol. The molecule has 15 heteroatoms. The lowest BCUT2D eigenvalue weighted by atomic mass is 9.78. The molecule has 0 spiro atoms. The molecular formula is C52H81NO14. The second-order valence-electron chi connectivity index (χ2n) is 19.6. The number of aliphatic hydroxyl groups is 3. The first-order chi connectivity index (χ1) is 31.9. The van der Waals surface area contributed by atoms with Crippen molar-refractivity contribution >= 4 is 29.2 Å². The molecule has 0 aromatic carbocycles. The molecule has 3 heterocycles. The number of carbonyl (C=O) groups excluding carboxylic acids is 5. The predicted molar refractivity (Wildman–Crippen MR) is 251 cm³/mol. The zero-order chi connectivity index (χ0) is 49.4. The number of esters is 1. The summed E-state index contributed by atoms with van der Waals surface area (Å²) >= 11 is 0. The first kappa shape index (κ1) is 56.2. The molecule has 3 fully saturated rings. The summed E-state index contributed by atoms with van der Waals surface area (Å²) in [6, 6.07) is -1.14. The van der Waals surface area contributed by atoms with Crippen LogP contribution >= 0.6 is 0 Å². The van der Waals surface area contributed by atoms with Crippen molar-refractivity contribution in [2.24, 2.45) is 29.6 Å². The van der Waals surface area contributed by atoms with Crippen LogP contribution in [0, 0.1) is 29.6 Å². The minimum atomic E-state index is -2.43. The molecule has 2 bridgehead atoms. The molecule has 4 rings (SSSR count). The van der Waals surface area contributed by atoms with Crippen LogP contribution in [-0.4, -0.2) is 145 Å². The van der Waals surface area contributed by atoms with Crippen LogP contribution in [0.2, 0.25) is 0 Å². The van der Waals surface area contributed by atoms with Crippen molar-refractivity contribution < 1.29 is 67.7 Å². The van der Waals surface area contributed by atoms with Crippen LogP contribution in [0.4, 0.5) is 0 Å². The topological polar surface area (TPSA) is 205 Å². The van der Waals surface area contributed by atoms with E-state index in [0.717, 1.165) is 12.0 Å². The highest BCUT2D eigenvalue weighted by molar-refractivity contribution is 6.39. The number of hydrogen-bond acceptors (Lipinski definition) is 14. The molecule has 67 heavy (non-hydrogen) atoms. The Hall–Kier alpha value is -3.41. The molecule has 0 radical (unpaired) electrons. The van der Waals surface area contributed by atoms with Crippen LogP contribution in [0.5, 0.6) is 0 Å². The molecule has 4 aliphatic rings. The lowest BCUT2D eigenvalue weighted by molar-refractivity contribution is -0.265. The number of rotatable bonds is 9. The molecular weight excluding hydrogens is 863 g/mol. The predicted octanol–water partition coefficient (Wildman–Crippen LogP) is 5.95. The Bertz CT molecular complexity index is 1770. The fraction of sp³-hybridized carbons (Fsp3) is 0.750. The van der Waals surface area contributed by atoms with Crippen LogP contribution in [0.15, 0.2) is 47.6 Å². The van der Waals surface area contributed by atoms with E-state index >= 15 is 0 Å². The Morgan fingerprint density at radius 3 is 2.30 bits per heavy atom. The number of methoxy groups -OCH3 is 3. The maximum Gasteiger partial charge on any atom is 0.329 e. The Kier molecular flexibility index (Phi) is 22.7. The number of ether oxygens (including phenoxy) is 6. The van der Waals surface area contributed by atoms with Gasteiger partial charge in [0.25, 0.3) is 11.7 Å². The number of allylic oxidation sites excluding steroid dienone is 6. The Morgan fingerprint density at radius 2 is 1.61 bits per heavy atom. The zero-order valence-electron chi connectivity index (χ0n) is 41.6. The number of carbonyl (C=O) groups is 5. The second kappa shape index (κ2) is 27.1. The Labute approximate surface area is 398 Å². The van der Waals surface area contributed by atoms with E-state index in [1.54, 1.807) is 48.0 Å². The van der Waals surface area contributed by atoms with Gasteiger partial charge in [0.1, 0.15) is 30.1 Å². The van der Waals surface area contributed by atoms with Crippen molar-refractivity contribution in [2.45, 2.75) is 180 Å². The van der Waals surface area contributed by atoms with E-state index in [4.69, 9.17) is 28.4 Å². The van der Waals surface area contributed by atoms with Crippen molar-refractivity contribution in [1.82, 2.24) is 4.90 Å². The molecule has 1 amide bonds. The Morgan fingerprint density at radius 1 is 0.866 bits per heavy atom. The summed E-state index contributed by atoms with van der Waals surface area (Å²) in [7, 11) is 4.58. The smallest absolute Gasteiger partial charge is 0.329 e. The summed E-state index contributed by atoms with van der Waals surface area (Å²) in [4.78, 5) is 71.9. The summed E-state index contributed by atoms with van der Waals surface area (Å²) in [6.07, 6.45) is 12.6. The maximum atomic E-state index is 14.4. The normalized spacial score (nSPS) is 37.2. The maximum absolute atomic E-state index is 14.4. The third-order valence-electron chi connectivity index (χ3n) is 14.6. The molecule has 0 aromatic rings. The number of nitrogens with zero attached hydrogens (tertiary/aromatic N) is 1. The average molecular weight is 944 g/mol. The standard InChI is InChI=1S/C52H81NO14/c1-32-17-13-11-10-12-14-18-33(2)46(56)48(64-9)47(57)36(5)27-34(3)41(55)31-44(35(4)28-38-21-23-42(65-26-25-54)45(29-38)63-8)66-51(60)40-19-15-16-24-53(40)50(59)49(58)52(61)37(6)20-22-39(67-52)30-43(32)62-7/h10-13,17,27,33-35,37-40,42-45,47-48,54,57,61H,14-16,18-26,28-31H2,1-9H3/b12-10+,13-11?,32-17?,36-27+/t33-,34-,35-,37-,38+,39+,40+,42?,43+,44+,45-,47-,48+,52-/m1/s1. The fourth-order valence-corrected chi connectivity index (χ4v) is 10.2. The molecule has 15 nitrogen and oxygen atoms in total. The lowest BCUT2D eigenvalue weighted by Crippen LogP contribution is -2.61. The number of aliphatic hydroxyl groups excluding tert-OH is 2. The highest BCUT2D eigenvalue weighted by atomic mass is 16.6. The van der Waals surface area contributed by atoms with E-state index in [1.807, 2.05) is 44.2 Å². The molecule has 1 saturated carbocycles. The van der Waals surface area contributed by atoms with Gasteiger partial charge in [-0.2, -0.15) is 0 Å². The van der Waals surface area contributed by atoms with Crippen molar-refractivity contribution in [3.05, 3.63) is 47.6 Å². The summed E-state index contributed by atoms with van der Waals surface area (Å²) in [6.45, 7) is 10.9. The molecule has 0 aromatic heterocycles. The van der Waals surface area contributed by atoms with Crippen LogP contribution in [0.3, 0.4) is 0 Å². The molecule has 3 N–H and O–H groups in total. The van der Waals surface area contributed by atoms with E-state index in [0.29, 0.717) is 69.8 Å². The summed E-state index contributed by atoms with van der Waals surface area (Å²) in [5, 5.41) is 32.7. The number of Topliss-reactive ketones (excluding diaryl/α,β-unsaturated/α-hetero) is 3. The van der Waals surface area contributed by atoms with Gasteiger partial charge in [-0.1, -0.05) is 64.2 Å². The van der Waals surface area contributed by atoms with Gasteiger partial charge >= 0.3 is 5.97 Å². The first-order valence-electron chi connectivity index (χ1n) is 24.6. The Balaban J connectivity index is 1.68. The summed E-state index contributed by atoms with van der Waals surface area (Å²) in [5.74, 6) is -7.93. The largest absolute Gasteiger partial charge is 0.460 e. The van der Waals surface area contributed by atoms with E-state index in [9.17, 15) is 39.3 Å². The van der Waals surface area contributed by atoms with Crippen molar-refractivity contribution in [3.8, 4) is 0 Å². The minimum Gasteiger partial charge on any atom is -0.460 e. The van der Waals surface area contributed by atoms with Crippen molar-refractivity contribution in [3.63, 3.8) is 0 Å². The van der Waals surface area contributed by atoms with E-state index in [2.05, 4.69) is 0 Å². The highest BCUT2D eigenvalue weighted by Crippen LogP contribution is 2.38. The zero-order valence-corrected chi connectivity index (χ0v) is 41.6. The van der Waals surface area contributed by atoms with Crippen LogP contribution in [-0.2, 0) is 52.4 Å². The van der Waals surface area contributed by atoms with Crippen LogP contribution < -0.4 is 0 Å². The molecule has 3 aliphatic heterocycles. The molecule has 1 unspecified atom stereocenters. The van der Waals surface area contributed by atoms with Gasteiger partial charge in [0, 0.05) is 58.5 Å². The van der Waals surface area contributed by atoms with E-state index in [-0.39, 0.29) is 68.2 Å². The number of piperidine rings is 1. The number of ketones is 3. The third kappa shape index (κ3) is 15.3. The molecule has 14 atom stereocenters. The molecule has 378 valence electrons. The lowest BCUT2D eigenvalue weighted by Gasteiger charge is -2.42. The first-order valence-corrected chi connectivity index (χ1v) is 24.6. The van der Waals surface area contributed by atoms with Gasteiger partial charge in [-0.25, -0.2) is 4.79 Å². The van der Waals surface area contributed by atoms with Crippen LogP contribution in [0.25, 0.3) is 0 Å². The number of fused-ring (bicyclic) bond motifs is 3. The van der Waals surface area contributed by atoms with Crippen LogP contribution in [0.1, 0.15) is 125 Å². The SMILES string of the molecule is CO[C@H]1C[C@@H]2CC[C@@H](C)[C@@](O)(O2)C(=O)C(=O)N2CCCC[C@H]2C(=O)O[C@H]([C@H](C)C[C@@H]2CCC(OCCO)[C@H](OC)C2)CC(=O)[C@H](C)/C=C(\C)[C@@H](O)[C@@H](OC)C(=O)[C@H](C)CC/C=C/C=CC=C1C. The van der Waals surface area contributed by atoms with Gasteiger partial charge in [0.15, 0.2) is 5.78 Å². The number of amides is 1. The third-order valence-corrected chi connectivity index (χ3v) is 14.6. The molecule has 1 aliphatic carbocycles. The highest BCUT2D eigenvalue weighted by Gasteiger charge is 2.53. The summed E-state index contributed by atoms with van der Waals surface area (Å²) in [5.41, 5.74) is 1.27. The summed E-state index contributed by atoms with van der Waals surface area (Å²) < 4.78 is 35.5. The fourth-order valence-electron chi connectivity index (χ4n) is 10.2. The van der Waals surface area contributed by atoms with Gasteiger partial charge in [0.2, 0.25) is 5.79 Å². The molecule has 2 saturated heterocycles. The number of hydrogen-bond donors (Lipinski definition) is 3. The average Bonchev–Trinajstić information content (AvgIpc) is 3.32. The van der Waals surface area contributed by atoms with Gasteiger partial charge in [-0.15, -0.1) is 0 Å². The van der Waals surface area contributed by atoms with Gasteiger partial charge in [-0.3, -0.25) is 19.2 Å². The van der Waals surface area contributed by atoms with E-state index in [1.165, 1.54) is 12.0 Å². The van der Waals surface area contributed by atoms with Crippen molar-refractivity contribution in [1.29, 1.82) is 0 Å². The van der Waals surface area contributed by atoms with Gasteiger partial charge in [-0.05, 0) is 107 Å². The quantitative estimate of drug-likeness (QED) is 0.139. The van der Waals surface area contributed by atoms with Gasteiger partial charge < -0.3 is 48.6 Å². The minimum absolute atomic E-state index is 0.0863.